The maximum atomic E-state index is 12.3. The Kier molecular flexibility index (Phi) is 3.39. The molecule has 1 fully saturated rings. The fourth-order valence-corrected chi connectivity index (χ4v) is 3.28. The molecule has 2 aliphatic rings. The average Bonchev–Trinajstić information content (AvgIpc) is 2.67. The van der Waals surface area contributed by atoms with Crippen molar-refractivity contribution in [3.05, 3.63) is 33.8 Å². The number of rotatable bonds is 2. The van der Waals surface area contributed by atoms with E-state index in [1.54, 1.807) is 0 Å². The summed E-state index contributed by atoms with van der Waals surface area (Å²) < 4.78 is 1.05. The molecular formula is C14H17BrN2O. The van der Waals surface area contributed by atoms with E-state index in [0.29, 0.717) is 5.92 Å². The monoisotopic (exact) mass is 308 g/mol. The van der Waals surface area contributed by atoms with Crippen molar-refractivity contribution in [1.29, 1.82) is 0 Å². The number of carbonyl (C=O) groups is 1. The van der Waals surface area contributed by atoms with Crippen molar-refractivity contribution in [2.75, 3.05) is 19.6 Å². The summed E-state index contributed by atoms with van der Waals surface area (Å²) in [6, 6.07) is 5.95. The van der Waals surface area contributed by atoms with Crippen molar-refractivity contribution in [3.63, 3.8) is 0 Å². The first kappa shape index (κ1) is 12.2. The Hall–Kier alpha value is -0.870. The molecule has 0 saturated carbocycles. The molecular weight excluding hydrogens is 292 g/mol. The Balaban J connectivity index is 1.71. The highest BCUT2D eigenvalue weighted by molar-refractivity contribution is 9.10. The van der Waals surface area contributed by atoms with Crippen LogP contribution in [0.25, 0.3) is 0 Å². The van der Waals surface area contributed by atoms with Crippen LogP contribution in [0.5, 0.6) is 0 Å². The lowest BCUT2D eigenvalue weighted by Crippen LogP contribution is -2.36. The van der Waals surface area contributed by atoms with Crippen molar-refractivity contribution in [1.82, 2.24) is 10.2 Å². The molecule has 1 aromatic rings. The molecule has 1 aromatic carbocycles. The fraction of sp³-hybridized carbons (Fsp3) is 0.500. The van der Waals surface area contributed by atoms with Crippen LogP contribution in [0.4, 0.5) is 0 Å². The van der Waals surface area contributed by atoms with Gasteiger partial charge < -0.3 is 10.2 Å². The van der Waals surface area contributed by atoms with Crippen LogP contribution < -0.4 is 5.32 Å². The quantitative estimate of drug-likeness (QED) is 0.910. The van der Waals surface area contributed by atoms with Crippen LogP contribution >= 0.6 is 15.9 Å². The Bertz CT molecular complexity index is 469. The van der Waals surface area contributed by atoms with Gasteiger partial charge in [-0.2, -0.15) is 0 Å². The van der Waals surface area contributed by atoms with E-state index in [0.717, 1.165) is 41.8 Å². The van der Waals surface area contributed by atoms with E-state index in [-0.39, 0.29) is 5.91 Å². The number of nitrogens with zero attached hydrogens (tertiary/aromatic N) is 1. The van der Waals surface area contributed by atoms with Gasteiger partial charge in [0.2, 0.25) is 0 Å². The normalized spacial score (nSPS) is 20.3. The summed E-state index contributed by atoms with van der Waals surface area (Å²) >= 11 is 3.47. The molecule has 0 unspecified atom stereocenters. The number of halogens is 1. The molecule has 2 heterocycles. The smallest absolute Gasteiger partial charge is 0.254 e. The van der Waals surface area contributed by atoms with Gasteiger partial charge in [0.1, 0.15) is 0 Å². The van der Waals surface area contributed by atoms with Gasteiger partial charge in [0.15, 0.2) is 0 Å². The maximum absolute atomic E-state index is 12.3. The molecule has 2 aliphatic heterocycles. The molecule has 0 radical (unpaired) electrons. The number of benzene rings is 1. The lowest BCUT2D eigenvalue weighted by Gasteiger charge is -2.27. The third-order valence-electron chi connectivity index (χ3n) is 3.88. The molecule has 3 nitrogen and oxygen atoms in total. The summed E-state index contributed by atoms with van der Waals surface area (Å²) in [6.45, 7) is 3.86. The van der Waals surface area contributed by atoms with E-state index in [1.807, 2.05) is 17.0 Å². The molecule has 0 aromatic heterocycles. The van der Waals surface area contributed by atoms with Crippen LogP contribution in [0.15, 0.2) is 22.7 Å². The van der Waals surface area contributed by atoms with Crippen molar-refractivity contribution >= 4 is 21.8 Å². The Morgan fingerprint density at radius 3 is 2.89 bits per heavy atom. The zero-order chi connectivity index (χ0) is 12.5. The molecule has 1 amide bonds. The second-order valence-electron chi connectivity index (χ2n) is 5.18. The van der Waals surface area contributed by atoms with Crippen LogP contribution in [0.2, 0.25) is 0 Å². The number of piperidine rings is 1. The first-order valence-corrected chi connectivity index (χ1v) is 7.32. The summed E-state index contributed by atoms with van der Waals surface area (Å²) in [7, 11) is 0. The molecule has 0 aliphatic carbocycles. The number of nitrogens with one attached hydrogen (secondary N) is 1. The first-order valence-electron chi connectivity index (χ1n) is 6.52. The largest absolute Gasteiger partial charge is 0.334 e. The highest BCUT2D eigenvalue weighted by atomic mass is 79.9. The molecule has 3 rings (SSSR count). The van der Waals surface area contributed by atoms with Crippen LogP contribution in [0, 0.1) is 5.92 Å². The molecule has 0 spiro atoms. The summed E-state index contributed by atoms with van der Waals surface area (Å²) in [5, 5.41) is 3.37. The van der Waals surface area contributed by atoms with Gasteiger partial charge >= 0.3 is 0 Å². The predicted molar refractivity (Wildman–Crippen MR) is 74.5 cm³/mol. The Morgan fingerprint density at radius 2 is 2.11 bits per heavy atom. The number of amides is 1. The minimum absolute atomic E-state index is 0.205. The van der Waals surface area contributed by atoms with Crippen LogP contribution in [-0.4, -0.2) is 30.4 Å². The standard InChI is InChI=1S/C14H17BrN2O/c15-12-1-2-13-11(7-12)9-17(14(13)18)8-10-3-5-16-6-4-10/h1-2,7,10,16H,3-6,8-9H2. The Labute approximate surface area is 116 Å². The molecule has 1 saturated heterocycles. The van der Waals surface area contributed by atoms with Gasteiger partial charge in [0.05, 0.1) is 0 Å². The van der Waals surface area contributed by atoms with Gasteiger partial charge in [0.25, 0.3) is 5.91 Å². The zero-order valence-electron chi connectivity index (χ0n) is 10.3. The van der Waals surface area contributed by atoms with E-state index in [9.17, 15) is 4.79 Å². The lowest BCUT2D eigenvalue weighted by atomic mass is 9.98. The molecule has 1 N–H and O–H groups in total. The van der Waals surface area contributed by atoms with Crippen molar-refractivity contribution < 1.29 is 4.79 Å². The van der Waals surface area contributed by atoms with E-state index in [4.69, 9.17) is 0 Å². The maximum Gasteiger partial charge on any atom is 0.254 e. The molecule has 0 bridgehead atoms. The Morgan fingerprint density at radius 1 is 1.33 bits per heavy atom. The van der Waals surface area contributed by atoms with E-state index in [2.05, 4.69) is 27.3 Å². The molecule has 96 valence electrons. The fourth-order valence-electron chi connectivity index (χ4n) is 2.87. The van der Waals surface area contributed by atoms with Gasteiger partial charge in [0, 0.05) is 23.1 Å². The van der Waals surface area contributed by atoms with E-state index < -0.39 is 0 Å². The zero-order valence-corrected chi connectivity index (χ0v) is 11.9. The summed E-state index contributed by atoms with van der Waals surface area (Å²) in [5.41, 5.74) is 2.04. The lowest BCUT2D eigenvalue weighted by molar-refractivity contribution is 0.0740. The number of carbonyl (C=O) groups excluding carboxylic acids is 1. The third kappa shape index (κ3) is 2.31. The van der Waals surface area contributed by atoms with Gasteiger partial charge in [-0.1, -0.05) is 15.9 Å². The highest BCUT2D eigenvalue weighted by Crippen LogP contribution is 2.27. The second kappa shape index (κ2) is 5.02. The van der Waals surface area contributed by atoms with Gasteiger partial charge in [-0.15, -0.1) is 0 Å². The summed E-state index contributed by atoms with van der Waals surface area (Å²) in [5.74, 6) is 0.865. The van der Waals surface area contributed by atoms with Gasteiger partial charge in [-0.25, -0.2) is 0 Å². The van der Waals surface area contributed by atoms with Crippen LogP contribution in [-0.2, 0) is 6.54 Å². The van der Waals surface area contributed by atoms with Crippen LogP contribution in [0.3, 0.4) is 0 Å². The minimum Gasteiger partial charge on any atom is -0.334 e. The topological polar surface area (TPSA) is 32.3 Å². The third-order valence-corrected chi connectivity index (χ3v) is 4.38. The van der Waals surface area contributed by atoms with Gasteiger partial charge in [-0.05, 0) is 55.6 Å². The van der Waals surface area contributed by atoms with E-state index >= 15 is 0 Å². The van der Waals surface area contributed by atoms with Crippen molar-refractivity contribution in [2.45, 2.75) is 19.4 Å². The number of fused-ring (bicyclic) bond motifs is 1. The highest BCUT2D eigenvalue weighted by Gasteiger charge is 2.29. The first-order chi connectivity index (χ1) is 8.74. The van der Waals surface area contributed by atoms with Crippen LogP contribution in [0.1, 0.15) is 28.8 Å². The number of hydrogen-bond donors (Lipinski definition) is 1. The second-order valence-corrected chi connectivity index (χ2v) is 6.10. The predicted octanol–water partition coefficient (Wildman–Crippen LogP) is 2.40. The average molecular weight is 309 g/mol. The summed E-state index contributed by atoms with van der Waals surface area (Å²) in [6.07, 6.45) is 2.37. The molecule has 0 atom stereocenters. The summed E-state index contributed by atoms with van der Waals surface area (Å²) in [4.78, 5) is 14.3. The molecule has 18 heavy (non-hydrogen) atoms. The van der Waals surface area contributed by atoms with E-state index in [1.165, 1.54) is 12.8 Å². The minimum atomic E-state index is 0.205. The van der Waals surface area contributed by atoms with Crippen molar-refractivity contribution in [3.8, 4) is 0 Å². The molecule has 4 heteroatoms. The van der Waals surface area contributed by atoms with Crippen molar-refractivity contribution in [2.24, 2.45) is 5.92 Å². The SMILES string of the molecule is O=C1c2ccc(Br)cc2CN1CC1CCNCC1. The number of hydrogen-bond acceptors (Lipinski definition) is 2. The van der Waals surface area contributed by atoms with Gasteiger partial charge in [-0.3, -0.25) is 4.79 Å².